The Morgan fingerprint density at radius 1 is 1.14 bits per heavy atom. The number of nitrogens with zero attached hydrogens (tertiary/aromatic N) is 5. The third-order valence-corrected chi connectivity index (χ3v) is 5.92. The molecule has 0 radical (unpaired) electrons. The molecule has 1 fully saturated rings. The molecule has 0 unspecified atom stereocenters. The largest absolute Gasteiger partial charge is 0.356 e. The van der Waals surface area contributed by atoms with Crippen molar-refractivity contribution >= 4 is 23.2 Å². The zero-order valence-corrected chi connectivity index (χ0v) is 16.1. The highest BCUT2D eigenvalue weighted by Gasteiger charge is 2.27. The molecule has 7 nitrogen and oxygen atoms in total. The average Bonchev–Trinajstić information content (AvgIpc) is 3.36. The second-order valence-corrected chi connectivity index (χ2v) is 7.82. The second kappa shape index (κ2) is 6.89. The van der Waals surface area contributed by atoms with Gasteiger partial charge in [0.15, 0.2) is 0 Å². The van der Waals surface area contributed by atoms with Crippen molar-refractivity contribution in [2.75, 3.05) is 23.3 Å². The van der Waals surface area contributed by atoms with Gasteiger partial charge >= 0.3 is 0 Å². The number of benzene rings is 1. The fraction of sp³-hybridized carbons (Fsp3) is 0.429. The molecule has 0 saturated carbocycles. The van der Waals surface area contributed by atoms with Crippen LogP contribution >= 0.6 is 0 Å². The summed E-state index contributed by atoms with van der Waals surface area (Å²) in [7, 11) is 0. The van der Waals surface area contributed by atoms with E-state index < -0.39 is 0 Å². The molecule has 1 N–H and O–H groups in total. The van der Waals surface area contributed by atoms with Gasteiger partial charge in [0.25, 0.3) is 5.78 Å². The van der Waals surface area contributed by atoms with E-state index >= 15 is 0 Å². The average molecular weight is 376 g/mol. The lowest BCUT2D eigenvalue weighted by Gasteiger charge is -2.32. The number of piperidine rings is 1. The molecule has 144 valence electrons. The Kier molecular flexibility index (Phi) is 4.22. The number of aromatic nitrogens is 4. The second-order valence-electron chi connectivity index (χ2n) is 7.82. The summed E-state index contributed by atoms with van der Waals surface area (Å²) in [4.78, 5) is 23.6. The van der Waals surface area contributed by atoms with Gasteiger partial charge in [0, 0.05) is 36.5 Å². The van der Waals surface area contributed by atoms with Crippen LogP contribution in [0.1, 0.15) is 36.1 Å². The molecule has 1 aliphatic heterocycles. The summed E-state index contributed by atoms with van der Waals surface area (Å²) >= 11 is 0. The van der Waals surface area contributed by atoms with Gasteiger partial charge < -0.3 is 10.2 Å². The van der Waals surface area contributed by atoms with Crippen LogP contribution in [0.15, 0.2) is 30.6 Å². The maximum absolute atomic E-state index is 12.8. The first kappa shape index (κ1) is 17.2. The van der Waals surface area contributed by atoms with Crippen LogP contribution in [0.25, 0.3) is 5.78 Å². The SMILES string of the molecule is Cc1cc(N2CCC(C(=O)Nc3ccc4c(c3)CCC4)CC2)n2ncnc2n1. The van der Waals surface area contributed by atoms with Crippen LogP contribution in [0.4, 0.5) is 11.5 Å². The Bertz CT molecular complexity index is 1030. The van der Waals surface area contributed by atoms with Crippen LogP contribution in [0.5, 0.6) is 0 Å². The van der Waals surface area contributed by atoms with E-state index in [9.17, 15) is 4.79 Å². The number of carbonyl (C=O) groups excluding carboxylic acids is 1. The third-order valence-electron chi connectivity index (χ3n) is 5.92. The summed E-state index contributed by atoms with van der Waals surface area (Å²) in [6.07, 6.45) is 6.69. The molecule has 3 heterocycles. The summed E-state index contributed by atoms with van der Waals surface area (Å²) < 4.78 is 1.78. The quantitative estimate of drug-likeness (QED) is 0.761. The first-order valence-electron chi connectivity index (χ1n) is 10.0. The number of hydrogen-bond donors (Lipinski definition) is 1. The van der Waals surface area contributed by atoms with Crippen molar-refractivity contribution in [2.45, 2.75) is 39.0 Å². The molecule has 28 heavy (non-hydrogen) atoms. The molecule has 1 saturated heterocycles. The summed E-state index contributed by atoms with van der Waals surface area (Å²) in [5.74, 6) is 1.79. The molecule has 1 aliphatic carbocycles. The lowest BCUT2D eigenvalue weighted by Crippen LogP contribution is -2.39. The van der Waals surface area contributed by atoms with E-state index in [1.165, 1.54) is 23.9 Å². The first-order valence-corrected chi connectivity index (χ1v) is 10.0. The highest BCUT2D eigenvalue weighted by atomic mass is 16.1. The summed E-state index contributed by atoms with van der Waals surface area (Å²) in [6, 6.07) is 8.39. The minimum atomic E-state index is 0.0404. The van der Waals surface area contributed by atoms with E-state index in [4.69, 9.17) is 0 Å². The third kappa shape index (κ3) is 3.10. The van der Waals surface area contributed by atoms with Crippen molar-refractivity contribution < 1.29 is 4.79 Å². The maximum atomic E-state index is 12.8. The van der Waals surface area contributed by atoms with Gasteiger partial charge in [0.2, 0.25) is 5.91 Å². The predicted octanol–water partition coefficient (Wildman–Crippen LogP) is 2.78. The zero-order chi connectivity index (χ0) is 19.1. The van der Waals surface area contributed by atoms with Gasteiger partial charge in [-0.25, -0.2) is 4.98 Å². The Balaban J connectivity index is 1.25. The maximum Gasteiger partial charge on any atom is 0.254 e. The van der Waals surface area contributed by atoms with E-state index in [1.54, 1.807) is 4.52 Å². The van der Waals surface area contributed by atoms with Crippen molar-refractivity contribution in [1.82, 2.24) is 19.6 Å². The van der Waals surface area contributed by atoms with Crippen LogP contribution in [-0.2, 0) is 17.6 Å². The monoisotopic (exact) mass is 376 g/mol. The smallest absolute Gasteiger partial charge is 0.254 e. The van der Waals surface area contributed by atoms with Crippen LogP contribution in [-0.4, -0.2) is 38.6 Å². The lowest BCUT2D eigenvalue weighted by atomic mass is 9.95. The minimum absolute atomic E-state index is 0.0404. The standard InChI is InChI=1S/C21H24N6O/c1-14-11-19(27-21(24-14)22-13-23-27)26-9-7-16(8-10-26)20(28)25-18-6-5-15-3-2-4-17(15)12-18/h5-6,11-13,16H,2-4,7-10H2,1H3,(H,25,28). The van der Waals surface area contributed by atoms with Gasteiger partial charge in [-0.15, -0.1) is 0 Å². The molecule has 1 amide bonds. The molecule has 2 aromatic heterocycles. The van der Waals surface area contributed by atoms with E-state index in [2.05, 4.69) is 37.4 Å². The number of rotatable bonds is 3. The molecule has 0 atom stereocenters. The molecule has 7 heteroatoms. The predicted molar refractivity (Wildman–Crippen MR) is 108 cm³/mol. The van der Waals surface area contributed by atoms with Gasteiger partial charge in [0.05, 0.1) is 0 Å². The van der Waals surface area contributed by atoms with Crippen LogP contribution in [0.2, 0.25) is 0 Å². The molecule has 0 bridgehead atoms. The summed E-state index contributed by atoms with van der Waals surface area (Å²) in [5.41, 5.74) is 4.67. The number of carbonyl (C=O) groups is 1. The number of nitrogens with one attached hydrogen (secondary N) is 1. The van der Waals surface area contributed by atoms with E-state index in [1.807, 2.05) is 19.1 Å². The number of hydrogen-bond acceptors (Lipinski definition) is 5. The van der Waals surface area contributed by atoms with Gasteiger partial charge in [-0.2, -0.15) is 14.6 Å². The van der Waals surface area contributed by atoms with Crippen molar-refractivity contribution in [3.05, 3.63) is 47.4 Å². The summed E-state index contributed by atoms with van der Waals surface area (Å²) in [6.45, 7) is 3.61. The van der Waals surface area contributed by atoms with Gasteiger partial charge in [-0.3, -0.25) is 4.79 Å². The number of aryl methyl sites for hydroxylation is 3. The Morgan fingerprint density at radius 2 is 1.96 bits per heavy atom. The van der Waals surface area contributed by atoms with Crippen LogP contribution < -0.4 is 10.2 Å². The highest BCUT2D eigenvalue weighted by molar-refractivity contribution is 5.92. The fourth-order valence-electron chi connectivity index (χ4n) is 4.40. The molecule has 0 spiro atoms. The van der Waals surface area contributed by atoms with Gasteiger partial charge in [0.1, 0.15) is 12.1 Å². The lowest BCUT2D eigenvalue weighted by molar-refractivity contribution is -0.120. The van der Waals surface area contributed by atoms with Crippen LogP contribution in [0.3, 0.4) is 0 Å². The normalized spacial score (nSPS) is 17.1. The number of amides is 1. The van der Waals surface area contributed by atoms with Gasteiger partial charge in [-0.1, -0.05) is 6.07 Å². The van der Waals surface area contributed by atoms with E-state index in [0.29, 0.717) is 5.78 Å². The molecule has 2 aliphatic rings. The Labute approximate surface area is 163 Å². The van der Waals surface area contributed by atoms with Crippen molar-refractivity contribution in [3.63, 3.8) is 0 Å². The number of anilines is 2. The minimum Gasteiger partial charge on any atom is -0.356 e. The molecular formula is C21H24N6O. The molecule has 5 rings (SSSR count). The van der Waals surface area contributed by atoms with Gasteiger partial charge in [-0.05, 0) is 62.3 Å². The van der Waals surface area contributed by atoms with E-state index in [0.717, 1.165) is 56.0 Å². The van der Waals surface area contributed by atoms with Crippen molar-refractivity contribution in [2.24, 2.45) is 5.92 Å². The Hall–Kier alpha value is -2.96. The molecular weight excluding hydrogens is 352 g/mol. The van der Waals surface area contributed by atoms with Crippen molar-refractivity contribution in [1.29, 1.82) is 0 Å². The topological polar surface area (TPSA) is 75.4 Å². The number of fused-ring (bicyclic) bond motifs is 2. The zero-order valence-electron chi connectivity index (χ0n) is 16.1. The summed E-state index contributed by atoms with van der Waals surface area (Å²) in [5, 5.41) is 7.43. The van der Waals surface area contributed by atoms with Crippen molar-refractivity contribution in [3.8, 4) is 0 Å². The first-order chi connectivity index (χ1) is 13.7. The molecule has 3 aromatic rings. The fourth-order valence-corrected chi connectivity index (χ4v) is 4.40. The Morgan fingerprint density at radius 3 is 2.82 bits per heavy atom. The van der Waals surface area contributed by atoms with E-state index in [-0.39, 0.29) is 11.8 Å². The highest BCUT2D eigenvalue weighted by Crippen LogP contribution is 2.27. The molecule has 1 aromatic carbocycles. The van der Waals surface area contributed by atoms with Crippen LogP contribution in [0, 0.1) is 12.8 Å².